The Bertz CT molecular complexity index is 963. The number of thioether (sulfide) groups is 1. The summed E-state index contributed by atoms with van der Waals surface area (Å²) in [5.74, 6) is 8.48. The van der Waals surface area contributed by atoms with E-state index in [0.717, 1.165) is 29.2 Å². The molecule has 0 saturated heterocycles. The van der Waals surface area contributed by atoms with Crippen LogP contribution in [-0.4, -0.2) is 0 Å². The number of rotatable bonds is 5. The Hall–Kier alpha value is -1.80. The van der Waals surface area contributed by atoms with Crippen molar-refractivity contribution in [2.24, 2.45) is 11.8 Å². The van der Waals surface area contributed by atoms with Gasteiger partial charge in [-0.25, -0.2) is 4.39 Å². The summed E-state index contributed by atoms with van der Waals surface area (Å²) in [6.45, 7) is 0. The first kappa shape index (κ1) is 21.4. The first-order chi connectivity index (χ1) is 14.6. The lowest BCUT2D eigenvalue weighted by molar-refractivity contribution is 0.301. The highest BCUT2D eigenvalue weighted by Crippen LogP contribution is 2.41. The third kappa shape index (κ3) is 5.66. The fourth-order valence-corrected chi connectivity index (χ4v) is 5.40. The monoisotopic (exact) mass is 435 g/mol. The molecule has 1 unspecified atom stereocenters. The molecule has 0 spiro atoms. The SMILES string of the molecule is N#CSc1c(F)cc(C#Cc2ccc(C3CCC(CCC4CC4)CC3)cc2)cc1P. The van der Waals surface area contributed by atoms with Crippen molar-refractivity contribution >= 4 is 26.3 Å². The lowest BCUT2D eigenvalue weighted by atomic mass is 9.77. The molecular formula is C26H27FNPS. The number of hydrogen-bond acceptors (Lipinski definition) is 2. The fraction of sp³-hybridized carbons (Fsp3) is 0.423. The first-order valence-electron chi connectivity index (χ1n) is 10.9. The van der Waals surface area contributed by atoms with Gasteiger partial charge in [0.2, 0.25) is 0 Å². The summed E-state index contributed by atoms with van der Waals surface area (Å²) in [6, 6.07) is 11.8. The zero-order valence-corrected chi connectivity index (χ0v) is 19.1. The molecule has 2 aliphatic carbocycles. The molecule has 154 valence electrons. The highest BCUT2D eigenvalue weighted by atomic mass is 32.2. The van der Waals surface area contributed by atoms with Gasteiger partial charge in [-0.15, -0.1) is 9.24 Å². The number of nitriles is 1. The molecule has 2 fully saturated rings. The maximum atomic E-state index is 14.1. The number of halogens is 1. The molecule has 2 aromatic carbocycles. The summed E-state index contributed by atoms with van der Waals surface area (Å²) < 4.78 is 14.1. The van der Waals surface area contributed by atoms with Crippen molar-refractivity contribution in [1.82, 2.24) is 0 Å². The molecule has 0 heterocycles. The van der Waals surface area contributed by atoms with E-state index in [1.54, 1.807) is 6.07 Å². The summed E-state index contributed by atoms with van der Waals surface area (Å²) in [5, 5.41) is 11.4. The lowest BCUT2D eigenvalue weighted by Crippen LogP contribution is -2.13. The summed E-state index contributed by atoms with van der Waals surface area (Å²) in [7, 11) is 2.48. The number of thiocyanates is 1. The van der Waals surface area contributed by atoms with Crippen LogP contribution in [0.15, 0.2) is 41.3 Å². The van der Waals surface area contributed by atoms with Crippen LogP contribution in [-0.2, 0) is 0 Å². The van der Waals surface area contributed by atoms with Crippen molar-refractivity contribution in [2.45, 2.75) is 62.2 Å². The maximum absolute atomic E-state index is 14.1. The summed E-state index contributed by atoms with van der Waals surface area (Å²) in [4.78, 5) is 0.347. The van der Waals surface area contributed by atoms with E-state index in [0.29, 0.717) is 21.7 Å². The Balaban J connectivity index is 1.35. The van der Waals surface area contributed by atoms with Crippen LogP contribution in [0.3, 0.4) is 0 Å². The zero-order chi connectivity index (χ0) is 20.9. The van der Waals surface area contributed by atoms with E-state index in [9.17, 15) is 4.39 Å². The molecule has 0 radical (unpaired) electrons. The van der Waals surface area contributed by atoms with E-state index < -0.39 is 5.82 Å². The van der Waals surface area contributed by atoms with Crippen LogP contribution in [0, 0.1) is 40.2 Å². The molecule has 0 aromatic heterocycles. The van der Waals surface area contributed by atoms with Gasteiger partial charge in [0.25, 0.3) is 0 Å². The van der Waals surface area contributed by atoms with Gasteiger partial charge in [-0.1, -0.05) is 49.7 Å². The molecule has 4 heteroatoms. The van der Waals surface area contributed by atoms with E-state index in [1.807, 2.05) is 5.40 Å². The number of nitrogens with zero attached hydrogens (tertiary/aromatic N) is 1. The molecule has 2 aliphatic rings. The van der Waals surface area contributed by atoms with Crippen LogP contribution in [0.1, 0.15) is 74.0 Å². The van der Waals surface area contributed by atoms with Crippen molar-refractivity contribution in [3.8, 4) is 17.2 Å². The van der Waals surface area contributed by atoms with E-state index >= 15 is 0 Å². The Morgan fingerprint density at radius 2 is 1.50 bits per heavy atom. The molecule has 0 N–H and O–H groups in total. The van der Waals surface area contributed by atoms with Gasteiger partial charge in [0.1, 0.15) is 11.2 Å². The summed E-state index contributed by atoms with van der Waals surface area (Å²) in [6.07, 6.45) is 11.2. The van der Waals surface area contributed by atoms with Crippen molar-refractivity contribution < 1.29 is 4.39 Å². The Morgan fingerprint density at radius 3 is 2.07 bits per heavy atom. The molecule has 2 saturated carbocycles. The molecule has 1 nitrogen and oxygen atoms in total. The van der Waals surface area contributed by atoms with E-state index in [-0.39, 0.29) is 0 Å². The molecule has 0 aliphatic heterocycles. The van der Waals surface area contributed by atoms with Gasteiger partial charge in [-0.2, -0.15) is 5.26 Å². The van der Waals surface area contributed by atoms with Gasteiger partial charge >= 0.3 is 0 Å². The second-order valence-corrected chi connectivity index (χ2v) is 10.1. The van der Waals surface area contributed by atoms with Gasteiger partial charge in [0.15, 0.2) is 0 Å². The second kappa shape index (κ2) is 10.0. The van der Waals surface area contributed by atoms with Crippen LogP contribution in [0.5, 0.6) is 0 Å². The molecule has 1 atom stereocenters. The van der Waals surface area contributed by atoms with Gasteiger partial charge < -0.3 is 0 Å². The molecular weight excluding hydrogens is 408 g/mol. The van der Waals surface area contributed by atoms with E-state index in [1.165, 1.54) is 63.0 Å². The van der Waals surface area contributed by atoms with Crippen LogP contribution in [0.25, 0.3) is 0 Å². The highest BCUT2D eigenvalue weighted by Gasteiger charge is 2.26. The Labute approximate surface area is 186 Å². The minimum absolute atomic E-state index is 0.347. The topological polar surface area (TPSA) is 23.8 Å². The summed E-state index contributed by atoms with van der Waals surface area (Å²) >= 11 is 0.835. The molecule has 0 amide bonds. The van der Waals surface area contributed by atoms with Crippen LogP contribution in [0.2, 0.25) is 0 Å². The standard InChI is InChI=1S/C26H27FNPS/c27-24-15-21(16-25(29)26(24)30-17-28)6-5-20-9-13-23(14-10-20)22-11-7-19(8-12-22)4-3-18-1-2-18/h9-10,13-16,18-19,22H,1-4,7-8,11-12,29H2. The van der Waals surface area contributed by atoms with Crippen molar-refractivity contribution in [2.75, 3.05) is 0 Å². The quantitative estimate of drug-likeness (QED) is 0.224. The normalized spacial score (nSPS) is 20.8. The minimum Gasteiger partial charge on any atom is -0.206 e. The fourth-order valence-electron chi connectivity index (χ4n) is 4.49. The number of benzene rings is 2. The van der Waals surface area contributed by atoms with Gasteiger partial charge in [-0.3, -0.25) is 0 Å². The third-order valence-electron chi connectivity index (χ3n) is 6.48. The average molecular weight is 436 g/mol. The van der Waals surface area contributed by atoms with Crippen molar-refractivity contribution in [3.05, 3.63) is 58.9 Å². The van der Waals surface area contributed by atoms with Crippen LogP contribution in [0.4, 0.5) is 4.39 Å². The predicted octanol–water partition coefficient (Wildman–Crippen LogP) is 6.76. The largest absolute Gasteiger partial charge is 0.206 e. The van der Waals surface area contributed by atoms with Gasteiger partial charge in [-0.05, 0) is 90.3 Å². The maximum Gasteiger partial charge on any atom is 0.139 e. The van der Waals surface area contributed by atoms with Crippen molar-refractivity contribution in [3.63, 3.8) is 0 Å². The average Bonchev–Trinajstić information content (AvgIpc) is 3.59. The van der Waals surface area contributed by atoms with Gasteiger partial charge in [0, 0.05) is 11.1 Å². The van der Waals surface area contributed by atoms with Gasteiger partial charge in [0.05, 0.1) is 4.90 Å². The molecule has 30 heavy (non-hydrogen) atoms. The lowest BCUT2D eigenvalue weighted by Gasteiger charge is -2.29. The Morgan fingerprint density at radius 1 is 0.900 bits per heavy atom. The number of hydrogen-bond donors (Lipinski definition) is 0. The molecule has 4 rings (SSSR count). The van der Waals surface area contributed by atoms with Crippen LogP contribution >= 0.6 is 21.0 Å². The molecule has 2 aromatic rings. The van der Waals surface area contributed by atoms with Crippen molar-refractivity contribution in [1.29, 1.82) is 5.26 Å². The second-order valence-electron chi connectivity index (χ2n) is 8.68. The molecule has 0 bridgehead atoms. The smallest absolute Gasteiger partial charge is 0.139 e. The summed E-state index contributed by atoms with van der Waals surface area (Å²) in [5.41, 5.74) is 2.99. The minimum atomic E-state index is -0.401. The Kier molecular flexibility index (Phi) is 7.15. The predicted molar refractivity (Wildman–Crippen MR) is 126 cm³/mol. The zero-order valence-electron chi connectivity index (χ0n) is 17.2. The van der Waals surface area contributed by atoms with E-state index in [4.69, 9.17) is 5.26 Å². The first-order valence-corrected chi connectivity index (χ1v) is 12.3. The third-order valence-corrected chi connectivity index (χ3v) is 7.87. The van der Waals surface area contributed by atoms with Crippen LogP contribution < -0.4 is 5.30 Å². The highest BCUT2D eigenvalue weighted by molar-refractivity contribution is 8.04. The van der Waals surface area contributed by atoms with E-state index in [2.05, 4.69) is 45.3 Å².